The van der Waals surface area contributed by atoms with Gasteiger partial charge in [0.2, 0.25) is 10.0 Å². The highest BCUT2D eigenvalue weighted by molar-refractivity contribution is 7.89. The molecule has 0 radical (unpaired) electrons. The van der Waals surface area contributed by atoms with Crippen molar-refractivity contribution in [2.24, 2.45) is 0 Å². The first-order valence-electron chi connectivity index (χ1n) is 9.24. The maximum atomic E-state index is 12.4. The van der Waals surface area contributed by atoms with Crippen molar-refractivity contribution >= 4 is 21.1 Å². The van der Waals surface area contributed by atoms with Crippen LogP contribution in [0.5, 0.6) is 0 Å². The maximum Gasteiger partial charge on any atom is 0.240 e. The molecule has 27 heavy (non-hydrogen) atoms. The van der Waals surface area contributed by atoms with E-state index in [2.05, 4.69) is 38.9 Å². The number of nitrogens with one attached hydrogen (secondary N) is 1. The second kappa shape index (κ2) is 7.80. The van der Waals surface area contributed by atoms with Crippen molar-refractivity contribution in [3.63, 3.8) is 0 Å². The first kappa shape index (κ1) is 18.2. The second-order valence-corrected chi connectivity index (χ2v) is 8.65. The fourth-order valence-electron chi connectivity index (χ4n) is 3.50. The summed E-state index contributed by atoms with van der Waals surface area (Å²) in [4.78, 5) is 6.65. The largest absolute Gasteiger partial charge is 0.443 e. The Bertz CT molecular complexity index is 1030. The minimum Gasteiger partial charge on any atom is -0.443 e. The van der Waals surface area contributed by atoms with E-state index in [0.717, 1.165) is 38.9 Å². The summed E-state index contributed by atoms with van der Waals surface area (Å²) in [5.41, 5.74) is 3.98. The van der Waals surface area contributed by atoms with Crippen LogP contribution in [0, 0.1) is 0 Å². The molecule has 0 atom stereocenters. The highest BCUT2D eigenvalue weighted by Crippen LogP contribution is 2.19. The standard InChI is InChI=1S/C20H23N3O3S/c24-27(25,18-7-8-19-20(13-18)26-15-21-19)22-10-3-4-11-23-12-9-16-5-1-2-6-17(16)14-23/h1-2,5-8,13,15,22H,3-4,9-12,14H2. The van der Waals surface area contributed by atoms with Crippen molar-refractivity contribution in [3.05, 3.63) is 60.0 Å². The second-order valence-electron chi connectivity index (χ2n) is 6.88. The van der Waals surface area contributed by atoms with E-state index in [0.29, 0.717) is 17.6 Å². The normalized spacial score (nSPS) is 15.1. The van der Waals surface area contributed by atoms with Crippen molar-refractivity contribution in [1.82, 2.24) is 14.6 Å². The molecule has 0 bridgehead atoms. The third kappa shape index (κ3) is 4.21. The third-order valence-electron chi connectivity index (χ3n) is 5.02. The lowest BCUT2D eigenvalue weighted by atomic mass is 10.00. The molecular weight excluding hydrogens is 362 g/mol. The van der Waals surface area contributed by atoms with E-state index in [4.69, 9.17) is 4.42 Å². The zero-order chi connectivity index (χ0) is 18.7. The predicted molar refractivity (Wildman–Crippen MR) is 104 cm³/mol. The van der Waals surface area contributed by atoms with Crippen LogP contribution in [0.3, 0.4) is 0 Å². The maximum absolute atomic E-state index is 12.4. The Hall–Kier alpha value is -2.22. The number of unbranched alkanes of at least 4 members (excludes halogenated alkanes) is 1. The molecule has 3 aromatic rings. The van der Waals surface area contributed by atoms with Gasteiger partial charge >= 0.3 is 0 Å². The zero-order valence-corrected chi connectivity index (χ0v) is 15.9. The average molecular weight is 385 g/mol. The van der Waals surface area contributed by atoms with Gasteiger partial charge in [-0.25, -0.2) is 18.1 Å². The smallest absolute Gasteiger partial charge is 0.240 e. The van der Waals surface area contributed by atoms with Crippen LogP contribution < -0.4 is 4.72 Å². The Kier molecular flexibility index (Phi) is 5.24. The highest BCUT2D eigenvalue weighted by Gasteiger charge is 2.16. The molecule has 0 fully saturated rings. The van der Waals surface area contributed by atoms with E-state index in [1.165, 1.54) is 23.6 Å². The molecule has 1 aliphatic rings. The molecule has 0 amide bonds. The van der Waals surface area contributed by atoms with Crippen molar-refractivity contribution < 1.29 is 12.8 Å². The zero-order valence-electron chi connectivity index (χ0n) is 15.1. The number of hydrogen-bond donors (Lipinski definition) is 1. The van der Waals surface area contributed by atoms with Gasteiger partial charge in [-0.1, -0.05) is 24.3 Å². The Morgan fingerprint density at radius 1 is 1.11 bits per heavy atom. The summed E-state index contributed by atoms with van der Waals surface area (Å²) in [6.45, 7) is 3.47. The molecule has 2 aromatic carbocycles. The van der Waals surface area contributed by atoms with Crippen LogP contribution in [0.25, 0.3) is 11.1 Å². The first-order chi connectivity index (χ1) is 13.1. The fraction of sp³-hybridized carbons (Fsp3) is 0.350. The van der Waals surface area contributed by atoms with Crippen molar-refractivity contribution in [2.75, 3.05) is 19.6 Å². The lowest BCUT2D eigenvalue weighted by molar-refractivity contribution is 0.249. The van der Waals surface area contributed by atoms with E-state index in [1.54, 1.807) is 12.1 Å². The summed E-state index contributed by atoms with van der Waals surface area (Å²) < 4.78 is 32.7. The Labute approximate surface area is 159 Å². The Morgan fingerprint density at radius 3 is 2.85 bits per heavy atom. The minimum atomic E-state index is -3.53. The van der Waals surface area contributed by atoms with E-state index in [-0.39, 0.29) is 4.90 Å². The van der Waals surface area contributed by atoms with Crippen LogP contribution >= 0.6 is 0 Å². The summed E-state index contributed by atoms with van der Waals surface area (Å²) in [5.74, 6) is 0. The van der Waals surface area contributed by atoms with Gasteiger partial charge in [0, 0.05) is 25.7 Å². The van der Waals surface area contributed by atoms with Crippen LogP contribution in [-0.4, -0.2) is 37.9 Å². The lowest BCUT2D eigenvalue weighted by Crippen LogP contribution is -2.32. The van der Waals surface area contributed by atoms with Crippen LogP contribution in [0.4, 0.5) is 0 Å². The van der Waals surface area contributed by atoms with Crippen LogP contribution in [0.1, 0.15) is 24.0 Å². The summed E-state index contributed by atoms with van der Waals surface area (Å²) >= 11 is 0. The SMILES string of the molecule is O=S(=O)(NCCCCN1CCc2ccccc2C1)c1ccc2ncoc2c1. The van der Waals surface area contributed by atoms with Crippen molar-refractivity contribution in [3.8, 4) is 0 Å². The van der Waals surface area contributed by atoms with Gasteiger partial charge in [0.05, 0.1) is 4.90 Å². The number of nitrogens with zero attached hydrogens (tertiary/aromatic N) is 2. The number of hydrogen-bond acceptors (Lipinski definition) is 5. The highest BCUT2D eigenvalue weighted by atomic mass is 32.2. The number of aromatic nitrogens is 1. The molecule has 6 nitrogen and oxygen atoms in total. The van der Waals surface area contributed by atoms with Gasteiger partial charge in [-0.2, -0.15) is 0 Å². The van der Waals surface area contributed by atoms with E-state index < -0.39 is 10.0 Å². The quantitative estimate of drug-likeness (QED) is 0.633. The third-order valence-corrected chi connectivity index (χ3v) is 6.47. The van der Waals surface area contributed by atoms with E-state index in [9.17, 15) is 8.42 Å². The van der Waals surface area contributed by atoms with Gasteiger partial charge in [-0.3, -0.25) is 4.90 Å². The fourth-order valence-corrected chi connectivity index (χ4v) is 4.59. The molecule has 0 saturated carbocycles. The van der Waals surface area contributed by atoms with Crippen LogP contribution in [0.2, 0.25) is 0 Å². The van der Waals surface area contributed by atoms with Gasteiger partial charge in [0.25, 0.3) is 0 Å². The van der Waals surface area contributed by atoms with Gasteiger partial charge in [-0.15, -0.1) is 0 Å². The Morgan fingerprint density at radius 2 is 1.96 bits per heavy atom. The van der Waals surface area contributed by atoms with Crippen LogP contribution in [-0.2, 0) is 23.0 Å². The Balaban J connectivity index is 1.24. The lowest BCUT2D eigenvalue weighted by Gasteiger charge is -2.28. The number of fused-ring (bicyclic) bond motifs is 2. The molecule has 142 valence electrons. The summed E-state index contributed by atoms with van der Waals surface area (Å²) in [6.07, 6.45) is 4.17. The average Bonchev–Trinajstić information content (AvgIpc) is 3.15. The molecule has 0 unspecified atom stereocenters. The number of benzene rings is 2. The molecule has 0 aliphatic carbocycles. The molecule has 1 aromatic heterocycles. The van der Waals surface area contributed by atoms with E-state index >= 15 is 0 Å². The van der Waals surface area contributed by atoms with Crippen molar-refractivity contribution in [1.29, 1.82) is 0 Å². The van der Waals surface area contributed by atoms with Gasteiger partial charge < -0.3 is 4.42 Å². The summed E-state index contributed by atoms with van der Waals surface area (Å²) in [5, 5.41) is 0. The molecule has 7 heteroatoms. The van der Waals surface area contributed by atoms with Gasteiger partial charge in [-0.05, 0) is 49.1 Å². The summed E-state index contributed by atoms with van der Waals surface area (Å²) in [6, 6.07) is 13.3. The first-order valence-corrected chi connectivity index (χ1v) is 10.7. The summed E-state index contributed by atoms with van der Waals surface area (Å²) in [7, 11) is -3.53. The molecule has 1 aliphatic heterocycles. The molecule has 4 rings (SSSR count). The molecule has 0 spiro atoms. The minimum absolute atomic E-state index is 0.208. The molecular formula is C20H23N3O3S. The number of oxazole rings is 1. The van der Waals surface area contributed by atoms with E-state index in [1.807, 2.05) is 0 Å². The monoisotopic (exact) mass is 385 g/mol. The van der Waals surface area contributed by atoms with Crippen molar-refractivity contribution in [2.45, 2.75) is 30.7 Å². The topological polar surface area (TPSA) is 75.4 Å². The number of rotatable bonds is 7. The van der Waals surface area contributed by atoms with Crippen LogP contribution in [0.15, 0.2) is 58.2 Å². The number of sulfonamides is 1. The van der Waals surface area contributed by atoms with Gasteiger partial charge in [0.15, 0.2) is 12.0 Å². The molecule has 1 N–H and O–H groups in total. The van der Waals surface area contributed by atoms with Gasteiger partial charge in [0.1, 0.15) is 5.52 Å². The molecule has 0 saturated heterocycles. The predicted octanol–water partition coefficient (Wildman–Crippen LogP) is 2.94. The molecule has 2 heterocycles.